The van der Waals surface area contributed by atoms with Crippen LogP contribution in [0.1, 0.15) is 43.5 Å². The summed E-state index contributed by atoms with van der Waals surface area (Å²) in [6.45, 7) is 5.31. The lowest BCUT2D eigenvalue weighted by atomic mass is 10.0. The molecule has 2 heterocycles. The second-order valence-corrected chi connectivity index (χ2v) is 7.88. The minimum Gasteiger partial charge on any atom is -0.462 e. The fourth-order valence-corrected chi connectivity index (χ4v) is 3.91. The maximum absolute atomic E-state index is 12.3. The van der Waals surface area contributed by atoms with Crippen molar-refractivity contribution in [1.82, 2.24) is 9.97 Å². The third-order valence-corrected chi connectivity index (χ3v) is 5.68. The van der Waals surface area contributed by atoms with Crippen LogP contribution >= 0.6 is 11.8 Å². The predicted octanol–water partition coefficient (Wildman–Crippen LogP) is 3.76. The first-order chi connectivity index (χ1) is 14.1. The van der Waals surface area contributed by atoms with Crippen LogP contribution in [0.2, 0.25) is 0 Å². The van der Waals surface area contributed by atoms with Crippen LogP contribution in [-0.4, -0.2) is 46.8 Å². The lowest BCUT2D eigenvalue weighted by Crippen LogP contribution is -2.38. The number of anilines is 2. The molecule has 1 aliphatic rings. The number of nitrogens with zero attached hydrogens (tertiary/aromatic N) is 3. The number of piperidine rings is 1. The highest BCUT2D eigenvalue weighted by atomic mass is 32.2. The van der Waals surface area contributed by atoms with Gasteiger partial charge in [-0.3, -0.25) is 4.79 Å². The second kappa shape index (κ2) is 10.2. The van der Waals surface area contributed by atoms with E-state index in [1.807, 2.05) is 6.07 Å². The molecule has 3 rings (SSSR count). The van der Waals surface area contributed by atoms with Crippen LogP contribution in [-0.2, 0) is 9.53 Å². The van der Waals surface area contributed by atoms with E-state index >= 15 is 0 Å². The lowest BCUT2D eigenvalue weighted by Gasteiger charge is -2.34. The molecule has 1 aromatic carbocycles. The van der Waals surface area contributed by atoms with Crippen molar-refractivity contribution in [3.63, 3.8) is 0 Å². The van der Waals surface area contributed by atoms with Gasteiger partial charge in [0.05, 0.1) is 17.9 Å². The number of carbonyl (C=O) groups is 2. The Labute approximate surface area is 175 Å². The number of carbonyl (C=O) groups excluding carboxylic acids is 2. The van der Waals surface area contributed by atoms with Gasteiger partial charge in [0.1, 0.15) is 17.2 Å². The number of nitrogens with one attached hydrogen (secondary N) is 1. The van der Waals surface area contributed by atoms with E-state index in [2.05, 4.69) is 27.1 Å². The Hall–Kier alpha value is -2.61. The molecular weight excluding hydrogens is 388 g/mol. The summed E-state index contributed by atoms with van der Waals surface area (Å²) in [4.78, 5) is 34.9. The number of hydrogen-bond acceptors (Lipinski definition) is 7. The monoisotopic (exact) mass is 414 g/mol. The minimum absolute atomic E-state index is 0.134. The highest BCUT2D eigenvalue weighted by Gasteiger charge is 2.20. The van der Waals surface area contributed by atoms with E-state index < -0.39 is 0 Å². The molecule has 0 saturated carbocycles. The highest BCUT2D eigenvalue weighted by molar-refractivity contribution is 7.99. The number of amides is 1. The molecule has 0 spiro atoms. The van der Waals surface area contributed by atoms with Crippen LogP contribution in [0, 0.1) is 0 Å². The van der Waals surface area contributed by atoms with E-state index in [4.69, 9.17) is 4.74 Å². The van der Waals surface area contributed by atoms with Gasteiger partial charge in [-0.1, -0.05) is 11.8 Å². The van der Waals surface area contributed by atoms with Crippen molar-refractivity contribution in [1.29, 1.82) is 0 Å². The number of benzene rings is 1. The smallest absolute Gasteiger partial charge is 0.338 e. The van der Waals surface area contributed by atoms with Crippen LogP contribution in [0.3, 0.4) is 0 Å². The van der Waals surface area contributed by atoms with Gasteiger partial charge in [-0.15, -0.1) is 0 Å². The molecule has 1 amide bonds. The molecule has 1 atom stereocenters. The summed E-state index contributed by atoms with van der Waals surface area (Å²) in [6.07, 6.45) is 5.16. The maximum Gasteiger partial charge on any atom is 0.338 e. The summed E-state index contributed by atoms with van der Waals surface area (Å²) in [6, 6.07) is 9.07. The van der Waals surface area contributed by atoms with Crippen molar-refractivity contribution in [2.24, 2.45) is 0 Å². The number of rotatable bonds is 7. The third kappa shape index (κ3) is 5.93. The molecule has 29 heavy (non-hydrogen) atoms. The average Bonchev–Trinajstić information content (AvgIpc) is 2.73. The van der Waals surface area contributed by atoms with Crippen molar-refractivity contribution in [3.8, 4) is 0 Å². The number of thioether (sulfide) groups is 1. The molecule has 1 fully saturated rings. The molecular formula is C21H26N4O3S. The number of ether oxygens (including phenoxy) is 1. The zero-order valence-corrected chi connectivity index (χ0v) is 17.6. The Kier molecular flexibility index (Phi) is 7.46. The van der Waals surface area contributed by atoms with Gasteiger partial charge < -0.3 is 15.0 Å². The first-order valence-corrected chi connectivity index (χ1v) is 10.8. The van der Waals surface area contributed by atoms with E-state index in [1.54, 1.807) is 37.5 Å². The van der Waals surface area contributed by atoms with E-state index in [-0.39, 0.29) is 17.6 Å². The van der Waals surface area contributed by atoms with Crippen LogP contribution in [0.15, 0.2) is 41.7 Å². The van der Waals surface area contributed by atoms with Gasteiger partial charge in [-0.2, -0.15) is 0 Å². The summed E-state index contributed by atoms with van der Waals surface area (Å²) >= 11 is 1.38. The van der Waals surface area contributed by atoms with E-state index in [9.17, 15) is 9.59 Å². The summed E-state index contributed by atoms with van der Waals surface area (Å²) < 4.78 is 4.95. The Bertz CT molecular complexity index is 844. The molecule has 0 radical (unpaired) electrons. The first kappa shape index (κ1) is 21.1. The summed E-state index contributed by atoms with van der Waals surface area (Å²) in [5.74, 6) is 0.657. The van der Waals surface area contributed by atoms with Gasteiger partial charge >= 0.3 is 5.97 Å². The number of aromatic nitrogens is 2. The topological polar surface area (TPSA) is 84.4 Å². The quantitative estimate of drug-likeness (QED) is 0.419. The van der Waals surface area contributed by atoms with Crippen LogP contribution in [0.25, 0.3) is 0 Å². The Morgan fingerprint density at radius 3 is 2.76 bits per heavy atom. The van der Waals surface area contributed by atoms with E-state index in [0.717, 1.165) is 17.4 Å². The van der Waals surface area contributed by atoms with Gasteiger partial charge in [0, 0.05) is 24.3 Å². The molecule has 1 saturated heterocycles. The van der Waals surface area contributed by atoms with Crippen LogP contribution in [0.5, 0.6) is 0 Å². The molecule has 8 heteroatoms. The Morgan fingerprint density at radius 1 is 1.24 bits per heavy atom. The van der Waals surface area contributed by atoms with Crippen molar-refractivity contribution in [2.75, 3.05) is 29.1 Å². The lowest BCUT2D eigenvalue weighted by molar-refractivity contribution is -0.113. The summed E-state index contributed by atoms with van der Waals surface area (Å²) in [7, 11) is 0. The van der Waals surface area contributed by atoms with Crippen molar-refractivity contribution in [3.05, 3.63) is 42.2 Å². The van der Waals surface area contributed by atoms with Crippen molar-refractivity contribution >= 4 is 35.1 Å². The minimum atomic E-state index is -0.372. The maximum atomic E-state index is 12.3. The molecule has 1 N–H and O–H groups in total. The van der Waals surface area contributed by atoms with Crippen LogP contribution < -0.4 is 10.2 Å². The molecule has 0 bridgehead atoms. The van der Waals surface area contributed by atoms with E-state index in [1.165, 1.54) is 31.0 Å². The standard InChI is InChI=1S/C21H26N4O3S/c1-3-28-21(27)16-7-9-17(10-8-16)24-19(26)13-29-20-12-18(22-14-23-20)25-11-5-4-6-15(25)2/h7-10,12,14-15H,3-6,11,13H2,1-2H3,(H,24,26). The SMILES string of the molecule is CCOC(=O)c1ccc(NC(=O)CSc2cc(N3CCCCC3C)ncn2)cc1. The van der Waals surface area contributed by atoms with Crippen molar-refractivity contribution < 1.29 is 14.3 Å². The molecule has 1 aromatic heterocycles. The van der Waals surface area contributed by atoms with Gasteiger partial charge in [0.25, 0.3) is 0 Å². The van der Waals surface area contributed by atoms with Gasteiger partial charge in [-0.25, -0.2) is 14.8 Å². The second-order valence-electron chi connectivity index (χ2n) is 6.89. The molecule has 154 valence electrons. The zero-order chi connectivity index (χ0) is 20.6. The zero-order valence-electron chi connectivity index (χ0n) is 16.8. The fraction of sp³-hybridized carbons (Fsp3) is 0.429. The molecule has 2 aromatic rings. The van der Waals surface area contributed by atoms with Crippen LogP contribution in [0.4, 0.5) is 11.5 Å². The average molecular weight is 415 g/mol. The Morgan fingerprint density at radius 2 is 2.03 bits per heavy atom. The molecule has 7 nitrogen and oxygen atoms in total. The summed E-state index contributed by atoms with van der Waals surface area (Å²) in [5, 5.41) is 3.61. The third-order valence-electron chi connectivity index (χ3n) is 4.76. The van der Waals surface area contributed by atoms with E-state index in [0.29, 0.717) is 23.9 Å². The first-order valence-electron chi connectivity index (χ1n) is 9.85. The van der Waals surface area contributed by atoms with Gasteiger partial charge in [0.2, 0.25) is 5.91 Å². The normalized spacial score (nSPS) is 16.3. The molecule has 1 unspecified atom stereocenters. The fourth-order valence-electron chi connectivity index (χ4n) is 3.25. The molecule has 0 aliphatic carbocycles. The largest absolute Gasteiger partial charge is 0.462 e. The number of esters is 1. The van der Waals surface area contributed by atoms with Crippen molar-refractivity contribution in [2.45, 2.75) is 44.2 Å². The number of hydrogen-bond donors (Lipinski definition) is 1. The molecule has 1 aliphatic heterocycles. The highest BCUT2D eigenvalue weighted by Crippen LogP contribution is 2.25. The predicted molar refractivity (Wildman–Crippen MR) is 114 cm³/mol. The van der Waals surface area contributed by atoms with Gasteiger partial charge in [0.15, 0.2) is 0 Å². The Balaban J connectivity index is 1.53. The van der Waals surface area contributed by atoms with Gasteiger partial charge in [-0.05, 0) is 57.4 Å². The summed E-state index contributed by atoms with van der Waals surface area (Å²) in [5.41, 5.74) is 1.09.